The van der Waals surface area contributed by atoms with Gasteiger partial charge >= 0.3 is 0 Å². The van der Waals surface area contributed by atoms with Gasteiger partial charge in [-0.3, -0.25) is 4.79 Å². The molecule has 0 spiro atoms. The van der Waals surface area contributed by atoms with Gasteiger partial charge in [0.2, 0.25) is 5.91 Å². The van der Waals surface area contributed by atoms with Crippen LogP contribution in [-0.4, -0.2) is 25.3 Å². The van der Waals surface area contributed by atoms with E-state index in [1.807, 2.05) is 18.2 Å². The Hall–Kier alpha value is -0.710. The number of carbonyl (C=O) groups is 1. The maximum absolute atomic E-state index is 11.1. The molecule has 2 N–H and O–H groups in total. The number of hydrogen-bond acceptors (Lipinski definition) is 3. The van der Waals surface area contributed by atoms with Gasteiger partial charge in [0.15, 0.2) is 0 Å². The smallest absolute Gasteiger partial charge is 0.230 e. The Bertz CT molecular complexity index is 399. The monoisotopic (exact) mass is 286 g/mol. The van der Waals surface area contributed by atoms with Crippen LogP contribution in [0.3, 0.4) is 0 Å². The minimum Gasteiger partial charge on any atom is -0.358 e. The second-order valence-corrected chi connectivity index (χ2v) is 5.35. The summed E-state index contributed by atoms with van der Waals surface area (Å²) in [5.74, 6) is 0.435. The van der Waals surface area contributed by atoms with E-state index in [2.05, 4.69) is 17.6 Å². The molecule has 1 amide bonds. The molecule has 0 radical (unpaired) electrons. The van der Waals surface area contributed by atoms with Crippen molar-refractivity contribution in [3.8, 4) is 0 Å². The molecule has 18 heavy (non-hydrogen) atoms. The Morgan fingerprint density at radius 3 is 2.83 bits per heavy atom. The zero-order valence-electron chi connectivity index (χ0n) is 10.8. The first-order valence-electron chi connectivity index (χ1n) is 6.00. The van der Waals surface area contributed by atoms with Gasteiger partial charge in [-0.25, -0.2) is 0 Å². The molecule has 1 aromatic rings. The minimum absolute atomic E-state index is 0.0183. The third-order valence-corrected chi connectivity index (χ3v) is 3.76. The normalized spacial score (nSPS) is 10.4. The maximum Gasteiger partial charge on any atom is 0.230 e. The highest BCUT2D eigenvalue weighted by molar-refractivity contribution is 8.00. The van der Waals surface area contributed by atoms with E-state index in [0.29, 0.717) is 5.75 Å². The van der Waals surface area contributed by atoms with Gasteiger partial charge in [-0.15, -0.1) is 11.8 Å². The quantitative estimate of drug-likeness (QED) is 0.598. The number of rotatable bonds is 7. The van der Waals surface area contributed by atoms with Crippen molar-refractivity contribution < 1.29 is 4.79 Å². The summed E-state index contributed by atoms with van der Waals surface area (Å²) in [6.45, 7) is 3.91. The van der Waals surface area contributed by atoms with Crippen molar-refractivity contribution >= 4 is 29.3 Å². The molecule has 0 aromatic heterocycles. The lowest BCUT2D eigenvalue weighted by atomic mass is 10.2. The molecule has 0 saturated carbocycles. The van der Waals surface area contributed by atoms with Gasteiger partial charge in [0.25, 0.3) is 0 Å². The van der Waals surface area contributed by atoms with Crippen LogP contribution in [0.15, 0.2) is 23.1 Å². The van der Waals surface area contributed by atoms with Crippen molar-refractivity contribution in [2.45, 2.75) is 24.8 Å². The lowest BCUT2D eigenvalue weighted by molar-refractivity contribution is -0.118. The average Bonchev–Trinajstić information content (AvgIpc) is 2.38. The van der Waals surface area contributed by atoms with Crippen LogP contribution < -0.4 is 10.6 Å². The number of thioether (sulfide) groups is 1. The van der Waals surface area contributed by atoms with Crippen LogP contribution in [0.25, 0.3) is 0 Å². The van der Waals surface area contributed by atoms with Crippen LogP contribution in [0.5, 0.6) is 0 Å². The Kier molecular flexibility index (Phi) is 7.16. The second-order valence-electron chi connectivity index (χ2n) is 3.89. The molecule has 3 nitrogen and oxygen atoms in total. The number of hydrogen-bond donors (Lipinski definition) is 2. The largest absolute Gasteiger partial charge is 0.358 e. The third-order valence-electron chi connectivity index (χ3n) is 2.42. The lowest BCUT2D eigenvalue weighted by Gasteiger charge is -2.08. The van der Waals surface area contributed by atoms with Crippen LogP contribution in [0.2, 0.25) is 5.02 Å². The van der Waals surface area contributed by atoms with Crippen LogP contribution in [0.1, 0.15) is 18.9 Å². The van der Waals surface area contributed by atoms with Gasteiger partial charge in [-0.05, 0) is 30.7 Å². The minimum atomic E-state index is 0.0183. The van der Waals surface area contributed by atoms with E-state index in [9.17, 15) is 4.79 Å². The molecule has 0 fully saturated rings. The standard InChI is InChI=1S/C13H19ClN2OS/c1-3-6-16-8-10-4-5-11(7-12(10)14)18-9-13(17)15-2/h4-5,7,16H,3,6,8-9H2,1-2H3,(H,15,17). The van der Waals surface area contributed by atoms with E-state index >= 15 is 0 Å². The summed E-state index contributed by atoms with van der Waals surface area (Å²) in [5.41, 5.74) is 1.09. The number of nitrogens with one attached hydrogen (secondary N) is 2. The van der Waals surface area contributed by atoms with Gasteiger partial charge in [0, 0.05) is 23.5 Å². The third kappa shape index (κ3) is 5.29. The second kappa shape index (κ2) is 8.40. The molecule has 0 saturated heterocycles. The van der Waals surface area contributed by atoms with E-state index < -0.39 is 0 Å². The fraction of sp³-hybridized carbons (Fsp3) is 0.462. The fourth-order valence-corrected chi connectivity index (χ4v) is 2.50. The predicted octanol–water partition coefficient (Wildman–Crippen LogP) is 2.68. The Labute approximate surface area is 118 Å². The highest BCUT2D eigenvalue weighted by Crippen LogP contribution is 2.24. The highest BCUT2D eigenvalue weighted by atomic mass is 35.5. The SMILES string of the molecule is CCCNCc1ccc(SCC(=O)NC)cc1Cl. The van der Waals surface area contributed by atoms with E-state index in [-0.39, 0.29) is 5.91 Å². The summed E-state index contributed by atoms with van der Waals surface area (Å²) in [4.78, 5) is 12.2. The van der Waals surface area contributed by atoms with Crippen molar-refractivity contribution in [1.29, 1.82) is 0 Å². The van der Waals surface area contributed by atoms with E-state index in [0.717, 1.165) is 35.0 Å². The molecule has 0 unspecified atom stereocenters. The zero-order valence-corrected chi connectivity index (χ0v) is 12.3. The van der Waals surface area contributed by atoms with E-state index in [1.165, 1.54) is 11.8 Å². The number of amides is 1. The van der Waals surface area contributed by atoms with Crippen molar-refractivity contribution in [3.63, 3.8) is 0 Å². The van der Waals surface area contributed by atoms with Gasteiger partial charge in [-0.1, -0.05) is 24.6 Å². The molecular formula is C13H19ClN2OS. The Morgan fingerprint density at radius 2 is 2.22 bits per heavy atom. The fourth-order valence-electron chi connectivity index (χ4n) is 1.38. The molecule has 0 aliphatic carbocycles. The summed E-state index contributed by atoms with van der Waals surface area (Å²) >= 11 is 7.69. The van der Waals surface area contributed by atoms with Crippen LogP contribution in [0.4, 0.5) is 0 Å². The first-order valence-corrected chi connectivity index (χ1v) is 7.36. The maximum atomic E-state index is 11.1. The molecule has 0 bridgehead atoms. The first kappa shape index (κ1) is 15.3. The summed E-state index contributed by atoms with van der Waals surface area (Å²) in [7, 11) is 1.64. The van der Waals surface area contributed by atoms with Crippen molar-refractivity contribution in [2.75, 3.05) is 19.3 Å². The summed E-state index contributed by atoms with van der Waals surface area (Å²) in [5, 5.41) is 6.66. The summed E-state index contributed by atoms with van der Waals surface area (Å²) in [6, 6.07) is 5.93. The van der Waals surface area contributed by atoms with Crippen LogP contribution in [0, 0.1) is 0 Å². The Morgan fingerprint density at radius 1 is 1.44 bits per heavy atom. The molecule has 5 heteroatoms. The molecule has 0 aliphatic heterocycles. The topological polar surface area (TPSA) is 41.1 Å². The molecule has 0 atom stereocenters. The van der Waals surface area contributed by atoms with Gasteiger partial charge in [0.05, 0.1) is 5.75 Å². The number of carbonyl (C=O) groups excluding carboxylic acids is 1. The molecular weight excluding hydrogens is 268 g/mol. The molecule has 100 valence electrons. The summed E-state index contributed by atoms with van der Waals surface area (Å²) in [6.07, 6.45) is 1.11. The molecule has 0 heterocycles. The lowest BCUT2D eigenvalue weighted by Crippen LogP contribution is -2.19. The van der Waals surface area contributed by atoms with Gasteiger partial charge < -0.3 is 10.6 Å². The van der Waals surface area contributed by atoms with Gasteiger partial charge in [0.1, 0.15) is 0 Å². The van der Waals surface area contributed by atoms with Crippen LogP contribution in [-0.2, 0) is 11.3 Å². The average molecular weight is 287 g/mol. The van der Waals surface area contributed by atoms with Crippen LogP contribution >= 0.6 is 23.4 Å². The molecule has 1 aromatic carbocycles. The van der Waals surface area contributed by atoms with Crippen molar-refractivity contribution in [3.05, 3.63) is 28.8 Å². The molecule has 1 rings (SSSR count). The van der Waals surface area contributed by atoms with E-state index in [1.54, 1.807) is 7.05 Å². The first-order chi connectivity index (χ1) is 8.67. The van der Waals surface area contributed by atoms with E-state index in [4.69, 9.17) is 11.6 Å². The van der Waals surface area contributed by atoms with Crippen molar-refractivity contribution in [2.24, 2.45) is 0 Å². The molecule has 0 aliphatic rings. The number of benzene rings is 1. The summed E-state index contributed by atoms with van der Waals surface area (Å²) < 4.78 is 0. The predicted molar refractivity (Wildman–Crippen MR) is 78.2 cm³/mol. The highest BCUT2D eigenvalue weighted by Gasteiger charge is 2.04. The van der Waals surface area contributed by atoms with Gasteiger partial charge in [-0.2, -0.15) is 0 Å². The zero-order chi connectivity index (χ0) is 13.4. The number of halogens is 1. The Balaban J connectivity index is 2.53. The van der Waals surface area contributed by atoms with Crippen molar-refractivity contribution in [1.82, 2.24) is 10.6 Å².